The van der Waals surface area contributed by atoms with E-state index < -0.39 is 0 Å². The molecule has 2 heteroatoms. The van der Waals surface area contributed by atoms with Crippen LogP contribution in [0.15, 0.2) is 0 Å². The zero-order valence-electron chi connectivity index (χ0n) is 30.4. The highest BCUT2D eigenvalue weighted by molar-refractivity contribution is 5.85. The molecular formula is C41H80O2. The monoisotopic (exact) mass is 605 g/mol. The molecule has 0 atom stereocenters. The van der Waals surface area contributed by atoms with Crippen molar-refractivity contribution >= 4 is 11.6 Å². The van der Waals surface area contributed by atoms with Gasteiger partial charge in [-0.05, 0) is 19.3 Å². The van der Waals surface area contributed by atoms with Crippen molar-refractivity contribution in [3.63, 3.8) is 0 Å². The fourth-order valence-corrected chi connectivity index (χ4v) is 6.41. The van der Waals surface area contributed by atoms with Crippen molar-refractivity contribution in [3.8, 4) is 0 Å². The summed E-state index contributed by atoms with van der Waals surface area (Å²) < 4.78 is 0. The van der Waals surface area contributed by atoms with Crippen molar-refractivity contribution in [1.82, 2.24) is 0 Å². The molecule has 0 unspecified atom stereocenters. The summed E-state index contributed by atoms with van der Waals surface area (Å²) in [5.41, 5.74) is -0.346. The molecule has 0 radical (unpaired) electrons. The lowest BCUT2D eigenvalue weighted by Gasteiger charge is -2.22. The van der Waals surface area contributed by atoms with Crippen LogP contribution >= 0.6 is 0 Å². The van der Waals surface area contributed by atoms with Gasteiger partial charge in [0.15, 0.2) is 0 Å². The summed E-state index contributed by atoms with van der Waals surface area (Å²) in [6.07, 6.45) is 43.3. The molecule has 0 fully saturated rings. The zero-order chi connectivity index (χ0) is 31.7. The molecule has 2 nitrogen and oxygen atoms in total. The summed E-state index contributed by atoms with van der Waals surface area (Å²) in [6, 6.07) is 0. The van der Waals surface area contributed by atoms with Gasteiger partial charge in [-0.1, -0.05) is 207 Å². The maximum absolute atomic E-state index is 12.8. The van der Waals surface area contributed by atoms with E-state index in [9.17, 15) is 9.59 Å². The summed E-state index contributed by atoms with van der Waals surface area (Å²) >= 11 is 0. The first-order valence-electron chi connectivity index (χ1n) is 20.0. The SMILES string of the molecule is CCCCCCCCCCCCCCCCCCCCCC(=O)CCC(C)(C)C(=O)CCCCCCCCCCCCC. The predicted octanol–water partition coefficient (Wildman–Crippen LogP) is 14.5. The predicted molar refractivity (Wildman–Crippen MR) is 192 cm³/mol. The Morgan fingerprint density at radius 1 is 0.349 bits per heavy atom. The molecule has 256 valence electrons. The smallest absolute Gasteiger partial charge is 0.138 e. The van der Waals surface area contributed by atoms with E-state index in [0.29, 0.717) is 30.8 Å². The number of unbranched alkanes of at least 4 members (excludes halogenated alkanes) is 28. The van der Waals surface area contributed by atoms with E-state index in [0.717, 1.165) is 19.3 Å². The molecule has 0 heterocycles. The molecular weight excluding hydrogens is 524 g/mol. The van der Waals surface area contributed by atoms with Crippen LogP contribution < -0.4 is 0 Å². The fraction of sp³-hybridized carbons (Fsp3) is 0.951. The van der Waals surface area contributed by atoms with Crippen molar-refractivity contribution < 1.29 is 9.59 Å². The van der Waals surface area contributed by atoms with E-state index in [4.69, 9.17) is 0 Å². The zero-order valence-corrected chi connectivity index (χ0v) is 30.4. The van der Waals surface area contributed by atoms with Crippen LogP contribution in [-0.4, -0.2) is 11.6 Å². The van der Waals surface area contributed by atoms with Gasteiger partial charge in [0.2, 0.25) is 0 Å². The number of rotatable bonds is 36. The number of hydrogen-bond donors (Lipinski definition) is 0. The van der Waals surface area contributed by atoms with Gasteiger partial charge in [-0.3, -0.25) is 9.59 Å². The van der Waals surface area contributed by atoms with Crippen molar-refractivity contribution in [2.24, 2.45) is 5.41 Å². The van der Waals surface area contributed by atoms with Gasteiger partial charge in [-0.2, -0.15) is 0 Å². The van der Waals surface area contributed by atoms with Crippen LogP contribution in [0.3, 0.4) is 0 Å². The Kier molecular flexibility index (Phi) is 32.2. The average molecular weight is 605 g/mol. The third kappa shape index (κ3) is 31.1. The van der Waals surface area contributed by atoms with Crippen LogP contribution in [0.25, 0.3) is 0 Å². The maximum Gasteiger partial charge on any atom is 0.138 e. The molecule has 43 heavy (non-hydrogen) atoms. The molecule has 0 N–H and O–H groups in total. The summed E-state index contributed by atoms with van der Waals surface area (Å²) in [4.78, 5) is 25.2. The molecule has 0 saturated carbocycles. The first kappa shape index (κ1) is 42.3. The van der Waals surface area contributed by atoms with E-state index in [1.807, 2.05) is 0 Å². The van der Waals surface area contributed by atoms with E-state index in [-0.39, 0.29) is 5.41 Å². The van der Waals surface area contributed by atoms with Crippen molar-refractivity contribution in [1.29, 1.82) is 0 Å². The van der Waals surface area contributed by atoms with E-state index >= 15 is 0 Å². The van der Waals surface area contributed by atoms with Gasteiger partial charge in [0, 0.05) is 24.7 Å². The lowest BCUT2D eigenvalue weighted by atomic mass is 9.80. The second kappa shape index (κ2) is 32.7. The van der Waals surface area contributed by atoms with Gasteiger partial charge >= 0.3 is 0 Å². The molecule has 0 aliphatic carbocycles. The molecule has 0 amide bonds. The largest absolute Gasteiger partial charge is 0.300 e. The highest BCUT2D eigenvalue weighted by Crippen LogP contribution is 2.27. The summed E-state index contributed by atoms with van der Waals surface area (Å²) in [6.45, 7) is 8.67. The third-order valence-electron chi connectivity index (χ3n) is 9.85. The summed E-state index contributed by atoms with van der Waals surface area (Å²) in [7, 11) is 0. The first-order chi connectivity index (χ1) is 20.9. The van der Waals surface area contributed by atoms with Crippen LogP contribution in [0.5, 0.6) is 0 Å². The minimum atomic E-state index is -0.346. The molecule has 0 aromatic rings. The molecule has 0 rings (SSSR count). The molecule has 0 aromatic carbocycles. The lowest BCUT2D eigenvalue weighted by Crippen LogP contribution is -2.25. The van der Waals surface area contributed by atoms with Crippen molar-refractivity contribution in [3.05, 3.63) is 0 Å². The van der Waals surface area contributed by atoms with E-state index in [1.165, 1.54) is 180 Å². The lowest BCUT2D eigenvalue weighted by molar-refractivity contribution is -0.128. The van der Waals surface area contributed by atoms with Gasteiger partial charge in [0.25, 0.3) is 0 Å². The highest BCUT2D eigenvalue weighted by atomic mass is 16.1. The number of carbonyl (C=O) groups excluding carboxylic acids is 2. The summed E-state index contributed by atoms with van der Waals surface area (Å²) in [5.74, 6) is 0.724. The van der Waals surface area contributed by atoms with Crippen LogP contribution in [0.2, 0.25) is 0 Å². The number of Topliss-reactive ketones (excluding diaryl/α,β-unsaturated/α-hetero) is 2. The van der Waals surface area contributed by atoms with Crippen LogP contribution in [0.4, 0.5) is 0 Å². The molecule has 0 spiro atoms. The van der Waals surface area contributed by atoms with Crippen LogP contribution in [-0.2, 0) is 9.59 Å². The molecule has 0 saturated heterocycles. The van der Waals surface area contributed by atoms with Crippen LogP contribution in [0.1, 0.15) is 246 Å². The second-order valence-corrected chi connectivity index (χ2v) is 14.7. The molecule has 0 aromatic heterocycles. The fourth-order valence-electron chi connectivity index (χ4n) is 6.41. The normalized spacial score (nSPS) is 11.8. The quantitative estimate of drug-likeness (QED) is 0.0667. The Morgan fingerprint density at radius 3 is 0.907 bits per heavy atom. The first-order valence-corrected chi connectivity index (χ1v) is 20.0. The Labute approximate surface area is 272 Å². The maximum atomic E-state index is 12.8. The second-order valence-electron chi connectivity index (χ2n) is 14.7. The Balaban J connectivity index is 3.48. The van der Waals surface area contributed by atoms with Crippen LogP contribution in [0, 0.1) is 5.41 Å². The Morgan fingerprint density at radius 2 is 0.605 bits per heavy atom. The molecule has 0 aliphatic rings. The standard InChI is InChI=1S/C41H80O2/c1-5-7-9-11-13-15-17-18-19-20-21-22-23-24-26-27-29-31-33-35-39(42)37-38-41(3,4)40(43)36-34-32-30-28-25-16-14-12-10-8-6-2/h5-38H2,1-4H3. The van der Waals surface area contributed by atoms with Crippen molar-refractivity contribution in [2.45, 2.75) is 246 Å². The minimum absolute atomic E-state index is 0.346. The third-order valence-corrected chi connectivity index (χ3v) is 9.85. The number of carbonyl (C=O) groups is 2. The Hall–Kier alpha value is -0.660. The molecule has 0 bridgehead atoms. The van der Waals surface area contributed by atoms with E-state index in [1.54, 1.807) is 0 Å². The number of ketones is 2. The van der Waals surface area contributed by atoms with Gasteiger partial charge in [-0.25, -0.2) is 0 Å². The number of hydrogen-bond acceptors (Lipinski definition) is 2. The summed E-state index contributed by atoms with van der Waals surface area (Å²) in [5, 5.41) is 0. The van der Waals surface area contributed by atoms with Gasteiger partial charge in [-0.15, -0.1) is 0 Å². The van der Waals surface area contributed by atoms with Gasteiger partial charge < -0.3 is 0 Å². The van der Waals surface area contributed by atoms with E-state index in [2.05, 4.69) is 27.7 Å². The minimum Gasteiger partial charge on any atom is -0.300 e. The topological polar surface area (TPSA) is 34.1 Å². The van der Waals surface area contributed by atoms with Gasteiger partial charge in [0.1, 0.15) is 11.6 Å². The van der Waals surface area contributed by atoms with Gasteiger partial charge in [0.05, 0.1) is 0 Å². The Bertz CT molecular complexity index is 593. The average Bonchev–Trinajstić information content (AvgIpc) is 2.99. The molecule has 0 aliphatic heterocycles. The highest BCUT2D eigenvalue weighted by Gasteiger charge is 2.27. The van der Waals surface area contributed by atoms with Crippen molar-refractivity contribution in [2.75, 3.05) is 0 Å².